The first-order valence-electron chi connectivity index (χ1n) is 12.4. The lowest BCUT2D eigenvalue weighted by Gasteiger charge is -2.28. The Balaban J connectivity index is 1.71. The number of rotatable bonds is 8. The Morgan fingerprint density at radius 1 is 1.15 bits per heavy atom. The summed E-state index contributed by atoms with van der Waals surface area (Å²) in [6, 6.07) is 4.43. The molecule has 8 nitrogen and oxygen atoms in total. The van der Waals surface area contributed by atoms with Crippen molar-refractivity contribution in [3.05, 3.63) is 75.9 Å². The van der Waals surface area contributed by atoms with E-state index in [1.165, 1.54) is 24.5 Å². The summed E-state index contributed by atoms with van der Waals surface area (Å²) in [4.78, 5) is 36.2. The number of ether oxygens (including phenoxy) is 1. The lowest BCUT2D eigenvalue weighted by molar-refractivity contribution is -0.139. The SMILES string of the molecule is CC(C)N(C(=O)c1ccc(Cl)cn1)c1cc(F)c(Oc2ncc(CN3CCSCC3)cc2C(F)(F)F)cc1C(=O)O. The second-order valence-corrected chi connectivity index (χ2v) is 11.1. The summed E-state index contributed by atoms with van der Waals surface area (Å²) in [7, 11) is 0. The molecule has 4 rings (SSSR count). The number of hydrogen-bond donors (Lipinski definition) is 1. The van der Waals surface area contributed by atoms with Crippen LogP contribution in [0.5, 0.6) is 11.6 Å². The molecule has 0 saturated carbocycles. The fourth-order valence-corrected chi connectivity index (χ4v) is 5.32. The Bertz CT molecular complexity index is 1430. The van der Waals surface area contributed by atoms with Gasteiger partial charge in [-0.05, 0) is 37.6 Å². The van der Waals surface area contributed by atoms with Gasteiger partial charge in [-0.25, -0.2) is 19.2 Å². The second kappa shape index (κ2) is 12.6. The third kappa shape index (κ3) is 7.27. The first-order chi connectivity index (χ1) is 19.3. The largest absolute Gasteiger partial charge is 0.478 e. The lowest BCUT2D eigenvalue weighted by atomic mass is 10.1. The van der Waals surface area contributed by atoms with Crippen LogP contribution in [-0.2, 0) is 12.7 Å². The molecule has 0 aliphatic carbocycles. The van der Waals surface area contributed by atoms with Crippen LogP contribution in [0.15, 0.2) is 42.7 Å². The average Bonchev–Trinajstić information content (AvgIpc) is 2.91. The third-order valence-electron chi connectivity index (χ3n) is 6.15. The monoisotopic (exact) mass is 612 g/mol. The fraction of sp³-hybridized carbons (Fsp3) is 0.333. The minimum Gasteiger partial charge on any atom is -0.478 e. The zero-order valence-corrected chi connectivity index (χ0v) is 23.5. The molecule has 1 N–H and O–H groups in total. The zero-order valence-electron chi connectivity index (χ0n) is 21.9. The number of carboxylic acid groups (broad SMARTS) is 1. The minimum atomic E-state index is -4.88. The van der Waals surface area contributed by atoms with Gasteiger partial charge in [0.25, 0.3) is 5.91 Å². The van der Waals surface area contributed by atoms with Crippen molar-refractivity contribution < 1.29 is 37.0 Å². The van der Waals surface area contributed by atoms with E-state index >= 15 is 4.39 Å². The summed E-state index contributed by atoms with van der Waals surface area (Å²) in [6.07, 6.45) is -2.44. The topological polar surface area (TPSA) is 95.9 Å². The predicted molar refractivity (Wildman–Crippen MR) is 146 cm³/mol. The number of halogens is 5. The number of benzene rings is 1. The van der Waals surface area contributed by atoms with Crippen LogP contribution in [0.1, 0.15) is 45.8 Å². The maximum Gasteiger partial charge on any atom is 0.421 e. The zero-order chi connectivity index (χ0) is 29.9. The van der Waals surface area contributed by atoms with E-state index in [1.54, 1.807) is 25.6 Å². The number of nitrogens with zero attached hydrogens (tertiary/aromatic N) is 4. The molecule has 2 aromatic heterocycles. The van der Waals surface area contributed by atoms with Gasteiger partial charge in [0.05, 0.1) is 16.3 Å². The quantitative estimate of drug-likeness (QED) is 0.293. The van der Waals surface area contributed by atoms with Gasteiger partial charge in [0.1, 0.15) is 11.3 Å². The summed E-state index contributed by atoms with van der Waals surface area (Å²) in [5.74, 6) is -3.48. The van der Waals surface area contributed by atoms with Crippen molar-refractivity contribution in [2.45, 2.75) is 32.6 Å². The molecule has 0 unspecified atom stereocenters. The van der Waals surface area contributed by atoms with E-state index in [9.17, 15) is 27.9 Å². The smallest absolute Gasteiger partial charge is 0.421 e. The summed E-state index contributed by atoms with van der Waals surface area (Å²) in [5, 5.41) is 10.2. The van der Waals surface area contributed by atoms with E-state index in [-0.39, 0.29) is 22.9 Å². The van der Waals surface area contributed by atoms with E-state index < -0.39 is 52.7 Å². The highest BCUT2D eigenvalue weighted by molar-refractivity contribution is 7.99. The molecule has 1 amide bonds. The Labute approximate surface area is 242 Å². The molecular formula is C27H25ClF4N4O4S. The summed E-state index contributed by atoms with van der Waals surface area (Å²) in [5.41, 5.74) is -1.92. The number of amides is 1. The Morgan fingerprint density at radius 2 is 1.85 bits per heavy atom. The van der Waals surface area contributed by atoms with Gasteiger partial charge in [-0.2, -0.15) is 24.9 Å². The highest BCUT2D eigenvalue weighted by Crippen LogP contribution is 2.39. The number of carbonyl (C=O) groups excluding carboxylic acids is 1. The molecule has 1 saturated heterocycles. The van der Waals surface area contributed by atoms with E-state index in [0.717, 1.165) is 47.7 Å². The van der Waals surface area contributed by atoms with Gasteiger partial charge >= 0.3 is 12.1 Å². The molecule has 3 heterocycles. The fourth-order valence-electron chi connectivity index (χ4n) is 4.23. The second-order valence-electron chi connectivity index (χ2n) is 9.42. The van der Waals surface area contributed by atoms with E-state index in [0.29, 0.717) is 5.56 Å². The van der Waals surface area contributed by atoms with Crippen LogP contribution in [0.3, 0.4) is 0 Å². The van der Waals surface area contributed by atoms with Crippen molar-refractivity contribution in [3.63, 3.8) is 0 Å². The first-order valence-corrected chi connectivity index (χ1v) is 13.9. The number of thioether (sulfide) groups is 1. The molecule has 1 fully saturated rings. The molecule has 0 atom stereocenters. The summed E-state index contributed by atoms with van der Waals surface area (Å²) >= 11 is 7.60. The number of aromatic carboxylic acids is 1. The Hall–Kier alpha value is -3.42. The van der Waals surface area contributed by atoms with Gasteiger partial charge in [0, 0.05) is 61.7 Å². The summed E-state index contributed by atoms with van der Waals surface area (Å²) in [6.45, 7) is 4.86. The molecule has 14 heteroatoms. The molecule has 41 heavy (non-hydrogen) atoms. The summed E-state index contributed by atoms with van der Waals surface area (Å²) < 4.78 is 62.5. The van der Waals surface area contributed by atoms with Crippen molar-refractivity contribution in [2.24, 2.45) is 0 Å². The van der Waals surface area contributed by atoms with Crippen LogP contribution in [0.25, 0.3) is 0 Å². The van der Waals surface area contributed by atoms with Crippen molar-refractivity contribution >= 4 is 40.9 Å². The molecule has 1 aromatic carbocycles. The molecular weight excluding hydrogens is 588 g/mol. The maximum absolute atomic E-state index is 15.3. The van der Waals surface area contributed by atoms with Gasteiger partial charge in [0.2, 0.25) is 5.88 Å². The molecule has 0 spiro atoms. The average molecular weight is 613 g/mol. The number of aromatic nitrogens is 2. The third-order valence-corrected chi connectivity index (χ3v) is 7.32. The Morgan fingerprint density at radius 3 is 2.44 bits per heavy atom. The van der Waals surface area contributed by atoms with Crippen LogP contribution < -0.4 is 9.64 Å². The van der Waals surface area contributed by atoms with Crippen LogP contribution in [0.4, 0.5) is 23.2 Å². The molecule has 1 aliphatic rings. The van der Waals surface area contributed by atoms with Crippen LogP contribution >= 0.6 is 23.4 Å². The van der Waals surface area contributed by atoms with Crippen LogP contribution in [0, 0.1) is 5.82 Å². The normalized spacial score (nSPS) is 14.2. The molecule has 3 aromatic rings. The molecule has 0 bridgehead atoms. The molecule has 218 valence electrons. The number of carboxylic acids is 1. The Kier molecular flexibility index (Phi) is 9.40. The van der Waals surface area contributed by atoms with Gasteiger partial charge in [0.15, 0.2) is 11.6 Å². The van der Waals surface area contributed by atoms with Crippen LogP contribution in [-0.4, -0.2) is 62.5 Å². The van der Waals surface area contributed by atoms with Gasteiger partial charge in [-0.3, -0.25) is 9.69 Å². The van der Waals surface area contributed by atoms with Gasteiger partial charge in [-0.1, -0.05) is 11.6 Å². The lowest BCUT2D eigenvalue weighted by Crippen LogP contribution is -2.38. The minimum absolute atomic E-state index is 0.0809. The van der Waals surface area contributed by atoms with Crippen LogP contribution in [0.2, 0.25) is 5.02 Å². The highest BCUT2D eigenvalue weighted by atomic mass is 35.5. The predicted octanol–water partition coefficient (Wildman–Crippen LogP) is 6.38. The van der Waals surface area contributed by atoms with E-state index in [4.69, 9.17) is 16.3 Å². The number of carbonyl (C=O) groups is 2. The number of anilines is 1. The number of hydrogen-bond acceptors (Lipinski definition) is 7. The van der Waals surface area contributed by atoms with Crippen molar-refractivity contribution in [3.8, 4) is 11.6 Å². The number of alkyl halides is 3. The van der Waals surface area contributed by atoms with Crippen molar-refractivity contribution in [1.82, 2.24) is 14.9 Å². The van der Waals surface area contributed by atoms with Crippen molar-refractivity contribution in [2.75, 3.05) is 29.5 Å². The van der Waals surface area contributed by atoms with Gasteiger partial charge < -0.3 is 14.7 Å². The first kappa shape index (κ1) is 30.5. The number of pyridine rings is 2. The van der Waals surface area contributed by atoms with E-state index in [2.05, 4.69) is 9.97 Å². The standard InChI is InChI=1S/C27H25ClF4N4O4S/c1-15(2)36(25(37)21-4-3-17(28)13-33-21)22-11-20(29)23(10-18(22)26(38)39)40-24-19(27(30,31)32)9-16(12-34-24)14-35-5-7-41-8-6-35/h3-4,9-13,15H,5-8,14H2,1-2H3,(H,38,39). The van der Waals surface area contributed by atoms with Gasteiger partial charge in [-0.15, -0.1) is 0 Å². The highest BCUT2D eigenvalue weighted by Gasteiger charge is 2.37. The molecule has 1 aliphatic heterocycles. The van der Waals surface area contributed by atoms with Crippen molar-refractivity contribution in [1.29, 1.82) is 0 Å². The van der Waals surface area contributed by atoms with E-state index in [1.807, 2.05) is 4.90 Å². The maximum atomic E-state index is 15.3. The molecule has 0 radical (unpaired) electrons.